The average molecular weight is 232 g/mol. The minimum Gasteiger partial charge on any atom is -0.381 e. The van der Waals surface area contributed by atoms with E-state index in [2.05, 4.69) is 10.1 Å². The van der Waals surface area contributed by atoms with E-state index in [1.165, 1.54) is 0 Å². The summed E-state index contributed by atoms with van der Waals surface area (Å²) in [7, 11) is 0. The molecule has 1 unspecified atom stereocenters. The van der Waals surface area contributed by atoms with Crippen LogP contribution in [0.5, 0.6) is 0 Å². The molecule has 2 heterocycles. The molecule has 2 rings (SSSR count). The molecule has 1 saturated heterocycles. The average Bonchev–Trinajstić information content (AvgIpc) is 2.85. The van der Waals surface area contributed by atoms with Crippen LogP contribution in [0.1, 0.15) is 24.1 Å². The number of ketones is 1. The zero-order valence-electron chi connectivity index (χ0n) is 8.36. The van der Waals surface area contributed by atoms with Crippen LogP contribution in [0.3, 0.4) is 0 Å². The maximum Gasteiger partial charge on any atom is 0.296 e. The predicted octanol–water partition coefficient (Wildman–Crippen LogP) is 0.950. The molecule has 1 aliphatic heterocycles. The van der Waals surface area contributed by atoms with Crippen LogP contribution in [-0.4, -0.2) is 35.6 Å². The molecular weight excluding hydrogens is 222 g/mol. The Kier molecular flexibility index (Phi) is 3.23. The number of alkyl halides is 2. The summed E-state index contributed by atoms with van der Waals surface area (Å²) in [6.07, 6.45) is -2.73. The number of hydrogen-bond acceptors (Lipinski definition) is 5. The molecule has 0 aliphatic carbocycles. The third kappa shape index (κ3) is 2.41. The smallest absolute Gasteiger partial charge is 0.296 e. The number of nitrogens with zero attached hydrogens (tertiary/aromatic N) is 2. The van der Waals surface area contributed by atoms with Gasteiger partial charge in [-0.2, -0.15) is 4.98 Å². The second kappa shape index (κ2) is 4.65. The molecule has 7 heteroatoms. The summed E-state index contributed by atoms with van der Waals surface area (Å²) in [5.41, 5.74) is 0. The summed E-state index contributed by atoms with van der Waals surface area (Å²) < 4.78 is 33.8. The van der Waals surface area contributed by atoms with Crippen LogP contribution in [-0.2, 0) is 16.0 Å². The van der Waals surface area contributed by atoms with Gasteiger partial charge in [-0.1, -0.05) is 5.16 Å². The van der Waals surface area contributed by atoms with Gasteiger partial charge in [0.15, 0.2) is 5.82 Å². The van der Waals surface area contributed by atoms with Crippen LogP contribution in [0, 0.1) is 0 Å². The van der Waals surface area contributed by atoms with Gasteiger partial charge < -0.3 is 9.26 Å². The lowest BCUT2D eigenvalue weighted by molar-refractivity contribution is -0.129. The van der Waals surface area contributed by atoms with Crippen LogP contribution < -0.4 is 0 Å². The van der Waals surface area contributed by atoms with E-state index in [1.807, 2.05) is 0 Å². The summed E-state index contributed by atoms with van der Waals surface area (Å²) in [6, 6.07) is 0. The zero-order chi connectivity index (χ0) is 11.5. The molecule has 16 heavy (non-hydrogen) atoms. The topological polar surface area (TPSA) is 65.2 Å². The molecule has 0 saturated carbocycles. The second-order valence-electron chi connectivity index (χ2n) is 3.55. The Morgan fingerprint density at radius 2 is 2.38 bits per heavy atom. The lowest BCUT2D eigenvalue weighted by atomic mass is 10.1. The van der Waals surface area contributed by atoms with Crippen LogP contribution in [0.15, 0.2) is 4.52 Å². The van der Waals surface area contributed by atoms with Crippen molar-refractivity contribution < 1.29 is 22.8 Å². The molecule has 0 amide bonds. The van der Waals surface area contributed by atoms with Crippen molar-refractivity contribution in [3.63, 3.8) is 0 Å². The highest BCUT2D eigenvalue weighted by molar-refractivity contribution is 5.82. The fourth-order valence-electron chi connectivity index (χ4n) is 1.47. The number of hydrogen-bond donors (Lipinski definition) is 0. The molecule has 88 valence electrons. The van der Waals surface area contributed by atoms with Crippen molar-refractivity contribution >= 4 is 5.78 Å². The highest BCUT2D eigenvalue weighted by Gasteiger charge is 2.25. The Hall–Kier alpha value is -1.37. The first-order valence-corrected chi connectivity index (χ1v) is 4.88. The highest BCUT2D eigenvalue weighted by Crippen LogP contribution is 2.22. The molecular formula is C9H10F2N2O3. The molecule has 0 radical (unpaired) electrons. The van der Waals surface area contributed by atoms with Crippen molar-refractivity contribution in [2.75, 3.05) is 13.2 Å². The molecule has 0 N–H and O–H groups in total. The van der Waals surface area contributed by atoms with E-state index >= 15 is 0 Å². The summed E-state index contributed by atoms with van der Waals surface area (Å²) in [5, 5.41) is 3.65. The van der Waals surface area contributed by atoms with Gasteiger partial charge in [-0.05, 0) is 6.42 Å². The minimum atomic E-state index is -3.00. The number of carbonyl (C=O) groups excluding carboxylic acids is 1. The normalized spacial score (nSPS) is 20.6. The van der Waals surface area contributed by atoms with E-state index in [0.29, 0.717) is 19.0 Å². The summed E-state index contributed by atoms with van der Waals surface area (Å²) >= 11 is 0. The maximum absolute atomic E-state index is 12.0. The molecule has 1 aromatic heterocycles. The van der Waals surface area contributed by atoms with E-state index in [0.717, 1.165) is 6.42 Å². The zero-order valence-corrected chi connectivity index (χ0v) is 8.36. The predicted molar refractivity (Wildman–Crippen MR) is 47.2 cm³/mol. The number of halogens is 2. The fraction of sp³-hybridized carbons (Fsp3) is 0.667. The molecule has 5 nitrogen and oxygen atoms in total. The molecule has 0 spiro atoms. The van der Waals surface area contributed by atoms with E-state index in [9.17, 15) is 13.6 Å². The van der Waals surface area contributed by atoms with Gasteiger partial charge in [-0.3, -0.25) is 4.79 Å². The summed E-state index contributed by atoms with van der Waals surface area (Å²) in [6.45, 7) is 1.13. The van der Waals surface area contributed by atoms with Crippen molar-refractivity contribution in [1.29, 1.82) is 0 Å². The van der Waals surface area contributed by atoms with E-state index in [4.69, 9.17) is 9.26 Å². The van der Waals surface area contributed by atoms with Crippen LogP contribution >= 0.6 is 0 Å². The van der Waals surface area contributed by atoms with Gasteiger partial charge >= 0.3 is 0 Å². The van der Waals surface area contributed by atoms with E-state index in [-0.39, 0.29) is 11.8 Å². The van der Waals surface area contributed by atoms with Gasteiger partial charge in [0.05, 0.1) is 13.0 Å². The second-order valence-corrected chi connectivity index (χ2v) is 3.55. The number of Topliss-reactive ketones (excluding diaryl/α,β-unsaturated/α-hetero) is 1. The minimum absolute atomic E-state index is 0.0409. The van der Waals surface area contributed by atoms with Crippen molar-refractivity contribution in [3.05, 3.63) is 11.7 Å². The summed E-state index contributed by atoms with van der Waals surface area (Å²) in [4.78, 5) is 14.6. The SMILES string of the molecule is O=C(Cc1nc(C2CCOC2)no1)C(F)F. The van der Waals surface area contributed by atoms with Crippen molar-refractivity contribution in [1.82, 2.24) is 10.1 Å². The number of ether oxygens (including phenoxy) is 1. The third-order valence-corrected chi connectivity index (χ3v) is 2.35. The quantitative estimate of drug-likeness (QED) is 0.773. The third-order valence-electron chi connectivity index (χ3n) is 2.35. The first-order chi connectivity index (χ1) is 7.66. The van der Waals surface area contributed by atoms with Crippen LogP contribution in [0.2, 0.25) is 0 Å². The van der Waals surface area contributed by atoms with Gasteiger partial charge in [0.25, 0.3) is 6.43 Å². The monoisotopic (exact) mass is 232 g/mol. The van der Waals surface area contributed by atoms with Crippen molar-refractivity contribution in [3.8, 4) is 0 Å². The molecule has 1 atom stereocenters. The lowest BCUT2D eigenvalue weighted by Crippen LogP contribution is -2.13. The molecule has 1 aliphatic rings. The van der Waals surface area contributed by atoms with Gasteiger partial charge in [0.2, 0.25) is 11.7 Å². The van der Waals surface area contributed by atoms with Crippen molar-refractivity contribution in [2.24, 2.45) is 0 Å². The number of carbonyl (C=O) groups is 1. The molecule has 0 bridgehead atoms. The van der Waals surface area contributed by atoms with E-state index < -0.39 is 18.6 Å². The van der Waals surface area contributed by atoms with Gasteiger partial charge in [0.1, 0.15) is 0 Å². The van der Waals surface area contributed by atoms with Crippen molar-refractivity contribution in [2.45, 2.75) is 25.2 Å². The molecule has 1 aromatic rings. The fourth-order valence-corrected chi connectivity index (χ4v) is 1.47. The summed E-state index contributed by atoms with van der Waals surface area (Å²) in [5.74, 6) is -0.807. The van der Waals surface area contributed by atoms with E-state index in [1.54, 1.807) is 0 Å². The number of aromatic nitrogens is 2. The highest BCUT2D eigenvalue weighted by atomic mass is 19.3. The van der Waals surface area contributed by atoms with Gasteiger partial charge in [-0.25, -0.2) is 8.78 Å². The standard InChI is InChI=1S/C9H10F2N2O3/c10-8(11)6(14)3-7-12-9(13-16-7)5-1-2-15-4-5/h5,8H,1-4H2. The molecule has 0 aromatic carbocycles. The lowest BCUT2D eigenvalue weighted by Gasteiger charge is -1.97. The van der Waals surface area contributed by atoms with Gasteiger partial charge in [-0.15, -0.1) is 0 Å². The Morgan fingerprint density at radius 1 is 1.56 bits per heavy atom. The number of rotatable bonds is 4. The Bertz CT molecular complexity index is 375. The Balaban J connectivity index is 1.99. The maximum atomic E-state index is 12.0. The largest absolute Gasteiger partial charge is 0.381 e. The first-order valence-electron chi connectivity index (χ1n) is 4.88. The molecule has 1 fully saturated rings. The Labute approximate surface area is 89.8 Å². The Morgan fingerprint density at radius 3 is 3.00 bits per heavy atom. The van der Waals surface area contributed by atoms with Crippen LogP contribution in [0.4, 0.5) is 8.78 Å². The van der Waals surface area contributed by atoms with Crippen LogP contribution in [0.25, 0.3) is 0 Å². The van der Waals surface area contributed by atoms with Gasteiger partial charge in [0, 0.05) is 12.5 Å². The first kappa shape index (κ1) is 11.1.